The van der Waals surface area contributed by atoms with Crippen molar-refractivity contribution in [1.29, 1.82) is 0 Å². The van der Waals surface area contributed by atoms with Crippen LogP contribution in [0.15, 0.2) is 48.5 Å². The quantitative estimate of drug-likeness (QED) is 0.537. The Morgan fingerprint density at radius 1 is 0.882 bits per heavy atom. The number of ether oxygens (including phenoxy) is 2. The zero-order valence-corrected chi connectivity index (χ0v) is 19.7. The predicted molar refractivity (Wildman–Crippen MR) is 127 cm³/mol. The van der Waals surface area contributed by atoms with Gasteiger partial charge in [-0.1, -0.05) is 48.5 Å². The molecular weight excluding hydrogens is 438 g/mol. The van der Waals surface area contributed by atoms with Crippen molar-refractivity contribution in [3.63, 3.8) is 0 Å². The van der Waals surface area contributed by atoms with E-state index in [-0.39, 0.29) is 38.7 Å². The molecule has 9 nitrogen and oxygen atoms in total. The van der Waals surface area contributed by atoms with Gasteiger partial charge in [-0.3, -0.25) is 0 Å². The highest BCUT2D eigenvalue weighted by Gasteiger charge is 2.29. The number of hydrogen-bond donors (Lipinski definition) is 3. The van der Waals surface area contributed by atoms with Gasteiger partial charge >= 0.3 is 18.3 Å². The van der Waals surface area contributed by atoms with Crippen LogP contribution >= 0.6 is 0 Å². The number of carbonyl (C=O) groups is 3. The van der Waals surface area contributed by atoms with Gasteiger partial charge < -0.3 is 30.1 Å². The maximum Gasteiger partial charge on any atom is 0.407 e. The molecule has 0 saturated carbocycles. The molecule has 0 spiro atoms. The fourth-order valence-electron chi connectivity index (χ4n) is 3.85. The summed E-state index contributed by atoms with van der Waals surface area (Å²) in [6.45, 7) is 5.68. The average molecular weight is 470 g/mol. The summed E-state index contributed by atoms with van der Waals surface area (Å²) < 4.78 is 10.6. The molecule has 34 heavy (non-hydrogen) atoms. The van der Waals surface area contributed by atoms with Gasteiger partial charge in [0.25, 0.3) is 0 Å². The smallest absolute Gasteiger partial charge is 0.407 e. The second kappa shape index (κ2) is 10.9. The van der Waals surface area contributed by atoms with Gasteiger partial charge in [0.2, 0.25) is 0 Å². The Morgan fingerprint density at radius 2 is 1.38 bits per heavy atom. The SMILES string of the molecule is CC(C)(C)OC(=O)NCCN(CCNC(=O)OCC1c2ccccc2-c2ccccc21)C(=O)O. The number of rotatable bonds is 8. The average Bonchev–Trinajstić information content (AvgIpc) is 3.09. The van der Waals surface area contributed by atoms with Gasteiger partial charge in [-0.25, -0.2) is 14.4 Å². The third-order valence-corrected chi connectivity index (χ3v) is 5.32. The molecule has 1 aliphatic rings. The maximum absolute atomic E-state index is 12.2. The monoisotopic (exact) mass is 469 g/mol. The minimum Gasteiger partial charge on any atom is -0.465 e. The molecular formula is C25H31N3O6. The predicted octanol–water partition coefficient (Wildman–Crippen LogP) is 4.03. The molecule has 0 aromatic heterocycles. The summed E-state index contributed by atoms with van der Waals surface area (Å²) in [6, 6.07) is 16.1. The highest BCUT2D eigenvalue weighted by Crippen LogP contribution is 2.44. The number of hydrogen-bond acceptors (Lipinski definition) is 5. The Hall–Kier alpha value is -3.75. The van der Waals surface area contributed by atoms with Crippen molar-refractivity contribution in [3.05, 3.63) is 59.7 Å². The fraction of sp³-hybridized carbons (Fsp3) is 0.400. The van der Waals surface area contributed by atoms with Crippen LogP contribution in [0.1, 0.15) is 37.8 Å². The van der Waals surface area contributed by atoms with Crippen LogP contribution in [0.4, 0.5) is 14.4 Å². The van der Waals surface area contributed by atoms with Crippen molar-refractivity contribution in [2.45, 2.75) is 32.3 Å². The third kappa shape index (κ3) is 6.63. The van der Waals surface area contributed by atoms with Crippen LogP contribution in [0.5, 0.6) is 0 Å². The van der Waals surface area contributed by atoms with Crippen molar-refractivity contribution < 1.29 is 29.0 Å². The molecule has 1 aliphatic carbocycles. The van der Waals surface area contributed by atoms with E-state index in [0.717, 1.165) is 27.2 Å². The van der Waals surface area contributed by atoms with Crippen molar-refractivity contribution in [3.8, 4) is 11.1 Å². The van der Waals surface area contributed by atoms with Gasteiger partial charge in [-0.15, -0.1) is 0 Å². The first-order valence-corrected chi connectivity index (χ1v) is 11.2. The largest absolute Gasteiger partial charge is 0.465 e. The van der Waals surface area contributed by atoms with E-state index in [9.17, 15) is 19.5 Å². The Morgan fingerprint density at radius 3 is 1.88 bits per heavy atom. The van der Waals surface area contributed by atoms with E-state index in [1.54, 1.807) is 20.8 Å². The van der Waals surface area contributed by atoms with Crippen LogP contribution in [0, 0.1) is 0 Å². The number of nitrogens with zero attached hydrogens (tertiary/aromatic N) is 1. The van der Waals surface area contributed by atoms with Gasteiger partial charge in [0.15, 0.2) is 0 Å². The van der Waals surface area contributed by atoms with Gasteiger partial charge in [-0.05, 0) is 43.0 Å². The van der Waals surface area contributed by atoms with Crippen molar-refractivity contribution in [2.75, 3.05) is 32.8 Å². The molecule has 0 radical (unpaired) electrons. The summed E-state index contributed by atoms with van der Waals surface area (Å²) in [7, 11) is 0. The summed E-state index contributed by atoms with van der Waals surface area (Å²) in [5, 5.41) is 14.5. The number of nitrogens with one attached hydrogen (secondary N) is 2. The van der Waals surface area contributed by atoms with Gasteiger partial charge in [0.1, 0.15) is 12.2 Å². The minimum atomic E-state index is -1.15. The lowest BCUT2D eigenvalue weighted by atomic mass is 9.98. The summed E-state index contributed by atoms with van der Waals surface area (Å²) in [5.74, 6) is -0.0485. The molecule has 3 N–H and O–H groups in total. The normalized spacial score (nSPS) is 12.3. The summed E-state index contributed by atoms with van der Waals surface area (Å²) >= 11 is 0. The number of carbonyl (C=O) groups excluding carboxylic acids is 2. The number of benzene rings is 2. The van der Waals surface area contributed by atoms with Crippen molar-refractivity contribution >= 4 is 18.3 Å². The first kappa shape index (κ1) is 24.9. The molecule has 2 aromatic rings. The van der Waals surface area contributed by atoms with Crippen LogP contribution in [0.3, 0.4) is 0 Å². The third-order valence-electron chi connectivity index (χ3n) is 5.32. The van der Waals surface area contributed by atoms with Crippen LogP contribution < -0.4 is 10.6 Å². The topological polar surface area (TPSA) is 117 Å². The molecule has 182 valence electrons. The van der Waals surface area contributed by atoms with E-state index in [0.29, 0.717) is 0 Å². The summed E-state index contributed by atoms with van der Waals surface area (Å²) in [6.07, 6.45) is -2.38. The van der Waals surface area contributed by atoms with E-state index < -0.39 is 23.9 Å². The molecule has 0 aliphatic heterocycles. The molecule has 0 saturated heterocycles. The Balaban J connectivity index is 1.43. The lowest BCUT2D eigenvalue weighted by Crippen LogP contribution is -2.43. The molecule has 0 unspecified atom stereocenters. The number of amides is 3. The molecule has 2 aromatic carbocycles. The Bertz CT molecular complexity index is 988. The van der Waals surface area contributed by atoms with E-state index in [1.807, 2.05) is 36.4 Å². The number of alkyl carbamates (subject to hydrolysis) is 2. The van der Waals surface area contributed by atoms with Crippen LogP contribution in [0.25, 0.3) is 11.1 Å². The number of carboxylic acid groups (broad SMARTS) is 1. The van der Waals surface area contributed by atoms with Crippen LogP contribution in [0.2, 0.25) is 0 Å². The zero-order valence-electron chi connectivity index (χ0n) is 19.7. The first-order chi connectivity index (χ1) is 16.2. The van der Waals surface area contributed by atoms with E-state index >= 15 is 0 Å². The molecule has 3 rings (SSSR count). The second-order valence-corrected chi connectivity index (χ2v) is 8.95. The van der Waals surface area contributed by atoms with E-state index in [4.69, 9.17) is 9.47 Å². The lowest BCUT2D eigenvalue weighted by molar-refractivity contribution is 0.0520. The fourth-order valence-corrected chi connectivity index (χ4v) is 3.85. The molecule has 0 bridgehead atoms. The minimum absolute atomic E-state index is 0.0485. The molecule has 0 fully saturated rings. The Labute approximate surface area is 199 Å². The second-order valence-electron chi connectivity index (χ2n) is 8.95. The summed E-state index contributed by atoms with van der Waals surface area (Å²) in [4.78, 5) is 36.5. The van der Waals surface area contributed by atoms with Crippen molar-refractivity contribution in [2.24, 2.45) is 0 Å². The standard InChI is InChI=1S/C25H31N3O6/c1-25(2,3)34-23(30)27-13-15-28(24(31)32)14-12-26-22(29)33-16-21-19-10-6-4-8-17(19)18-9-5-7-11-20(18)21/h4-11,21H,12-16H2,1-3H3,(H,26,29)(H,27,30)(H,31,32). The van der Waals surface area contributed by atoms with Crippen molar-refractivity contribution in [1.82, 2.24) is 15.5 Å². The summed E-state index contributed by atoms with van der Waals surface area (Å²) in [5.41, 5.74) is 3.88. The van der Waals surface area contributed by atoms with E-state index in [1.165, 1.54) is 0 Å². The molecule has 9 heteroatoms. The zero-order chi connectivity index (χ0) is 24.7. The van der Waals surface area contributed by atoms with Crippen LogP contribution in [-0.4, -0.2) is 66.7 Å². The van der Waals surface area contributed by atoms with Crippen LogP contribution in [-0.2, 0) is 9.47 Å². The Kier molecular flexibility index (Phi) is 7.99. The first-order valence-electron chi connectivity index (χ1n) is 11.2. The highest BCUT2D eigenvalue weighted by atomic mass is 16.6. The molecule has 0 heterocycles. The maximum atomic E-state index is 12.2. The van der Waals surface area contributed by atoms with Gasteiger partial charge in [0, 0.05) is 32.1 Å². The highest BCUT2D eigenvalue weighted by molar-refractivity contribution is 5.79. The van der Waals surface area contributed by atoms with E-state index in [2.05, 4.69) is 22.8 Å². The van der Waals surface area contributed by atoms with Gasteiger partial charge in [0.05, 0.1) is 0 Å². The molecule has 0 atom stereocenters. The lowest BCUT2D eigenvalue weighted by Gasteiger charge is -2.22. The van der Waals surface area contributed by atoms with Gasteiger partial charge in [-0.2, -0.15) is 0 Å². The number of fused-ring (bicyclic) bond motifs is 3. The molecule has 3 amide bonds.